The van der Waals surface area contributed by atoms with Gasteiger partial charge in [0.05, 0.1) is 12.1 Å². The molecule has 0 atom stereocenters. The van der Waals surface area contributed by atoms with Gasteiger partial charge in [-0.15, -0.1) is 0 Å². The molecule has 2 heterocycles. The molecule has 2 saturated heterocycles. The van der Waals surface area contributed by atoms with Crippen LogP contribution in [0.3, 0.4) is 0 Å². The van der Waals surface area contributed by atoms with Crippen molar-refractivity contribution < 1.29 is 17.9 Å². The summed E-state index contributed by atoms with van der Waals surface area (Å²) in [4.78, 5) is 7.09. The molecule has 2 fully saturated rings. The number of nitrogens with one attached hydrogen (secondary N) is 2. The smallest absolute Gasteiger partial charge is 0.381 e. The molecule has 1 aromatic rings. The van der Waals surface area contributed by atoms with E-state index in [4.69, 9.17) is 4.74 Å². The van der Waals surface area contributed by atoms with Crippen LogP contribution in [0.25, 0.3) is 0 Å². The van der Waals surface area contributed by atoms with E-state index in [2.05, 4.69) is 20.5 Å². The quantitative estimate of drug-likeness (QED) is 0.555. The second kappa shape index (κ2) is 9.80. The van der Waals surface area contributed by atoms with Crippen LogP contribution >= 0.6 is 0 Å². The molecule has 162 valence electrons. The molecule has 0 aliphatic carbocycles. The van der Waals surface area contributed by atoms with Crippen LogP contribution in [0.2, 0.25) is 0 Å². The third-order valence-corrected chi connectivity index (χ3v) is 5.80. The highest BCUT2D eigenvalue weighted by Gasteiger charge is 2.39. The van der Waals surface area contributed by atoms with Crippen LogP contribution in [0.1, 0.15) is 43.7 Å². The number of ether oxygens (including phenoxy) is 1. The highest BCUT2D eigenvalue weighted by Crippen LogP contribution is 2.31. The number of rotatable bonds is 6. The molecule has 0 spiro atoms. The maximum atomic E-state index is 12.9. The van der Waals surface area contributed by atoms with Crippen molar-refractivity contribution in [2.45, 2.75) is 50.9 Å². The minimum absolute atomic E-state index is 0.0567. The first-order chi connectivity index (χ1) is 13.9. The second-order valence-corrected chi connectivity index (χ2v) is 7.78. The molecule has 1 aromatic carbocycles. The Labute approximate surface area is 170 Å². The molecular formula is C21H31F3N4O. The molecule has 2 aliphatic heterocycles. The van der Waals surface area contributed by atoms with E-state index in [1.165, 1.54) is 18.9 Å². The Hall–Kier alpha value is -1.80. The zero-order valence-corrected chi connectivity index (χ0v) is 17.0. The summed E-state index contributed by atoms with van der Waals surface area (Å²) in [6, 6.07) is 5.35. The summed E-state index contributed by atoms with van der Waals surface area (Å²) in [5.41, 5.74) is -0.0445. The van der Waals surface area contributed by atoms with Crippen LogP contribution in [0.4, 0.5) is 13.2 Å². The van der Waals surface area contributed by atoms with Gasteiger partial charge in [-0.2, -0.15) is 13.2 Å². The number of hydrogen-bond donors (Lipinski definition) is 2. The van der Waals surface area contributed by atoms with Crippen molar-refractivity contribution in [3.8, 4) is 0 Å². The maximum absolute atomic E-state index is 12.9. The van der Waals surface area contributed by atoms with Gasteiger partial charge in [-0.3, -0.25) is 4.90 Å². The molecule has 0 saturated carbocycles. The van der Waals surface area contributed by atoms with E-state index >= 15 is 0 Å². The SMILES string of the molecule is CCNC(=NCc1cccc(C(F)(F)F)c1)NCC1(N2CCCC2)CCOCC1. The zero-order valence-electron chi connectivity index (χ0n) is 17.0. The summed E-state index contributed by atoms with van der Waals surface area (Å²) in [5.74, 6) is 0.634. The van der Waals surface area contributed by atoms with E-state index in [0.29, 0.717) is 18.1 Å². The Bertz CT molecular complexity index is 681. The fourth-order valence-electron chi connectivity index (χ4n) is 4.15. The summed E-state index contributed by atoms with van der Waals surface area (Å²) in [6.45, 7) is 7.36. The molecule has 0 unspecified atom stereocenters. The van der Waals surface area contributed by atoms with E-state index in [9.17, 15) is 13.2 Å². The first kappa shape index (κ1) is 21.9. The van der Waals surface area contributed by atoms with Gasteiger partial charge in [0.1, 0.15) is 0 Å². The highest BCUT2D eigenvalue weighted by atomic mass is 19.4. The van der Waals surface area contributed by atoms with Gasteiger partial charge < -0.3 is 15.4 Å². The van der Waals surface area contributed by atoms with Gasteiger partial charge in [0, 0.05) is 31.8 Å². The summed E-state index contributed by atoms with van der Waals surface area (Å²) in [5, 5.41) is 6.65. The summed E-state index contributed by atoms with van der Waals surface area (Å²) in [7, 11) is 0. The lowest BCUT2D eigenvalue weighted by molar-refractivity contribution is -0.137. The second-order valence-electron chi connectivity index (χ2n) is 7.78. The monoisotopic (exact) mass is 412 g/mol. The van der Waals surface area contributed by atoms with Crippen molar-refractivity contribution in [1.29, 1.82) is 0 Å². The van der Waals surface area contributed by atoms with Crippen molar-refractivity contribution in [2.75, 3.05) is 39.4 Å². The maximum Gasteiger partial charge on any atom is 0.416 e. The van der Waals surface area contributed by atoms with Gasteiger partial charge in [0.2, 0.25) is 0 Å². The molecule has 29 heavy (non-hydrogen) atoms. The van der Waals surface area contributed by atoms with Gasteiger partial charge in [-0.1, -0.05) is 12.1 Å². The third kappa shape index (κ3) is 5.85. The Morgan fingerprint density at radius 2 is 1.90 bits per heavy atom. The lowest BCUT2D eigenvalue weighted by Crippen LogP contribution is -2.58. The number of benzene rings is 1. The lowest BCUT2D eigenvalue weighted by atomic mass is 9.88. The zero-order chi connectivity index (χ0) is 20.7. The van der Waals surface area contributed by atoms with Crippen LogP contribution in [0, 0.1) is 0 Å². The molecule has 3 rings (SSSR count). The van der Waals surface area contributed by atoms with Crippen molar-refractivity contribution >= 4 is 5.96 Å². The Kier molecular flexibility index (Phi) is 7.40. The molecule has 0 bridgehead atoms. The minimum atomic E-state index is -4.34. The van der Waals surface area contributed by atoms with Gasteiger partial charge in [0.25, 0.3) is 0 Å². The minimum Gasteiger partial charge on any atom is -0.381 e. The fourth-order valence-corrected chi connectivity index (χ4v) is 4.15. The van der Waals surface area contributed by atoms with Gasteiger partial charge in [0.15, 0.2) is 5.96 Å². The lowest BCUT2D eigenvalue weighted by Gasteiger charge is -2.45. The Balaban J connectivity index is 1.67. The standard InChI is InChI=1S/C21H31F3N4O/c1-2-25-19(26-15-17-6-5-7-18(14-17)21(22,23)24)27-16-20(8-12-29-13-9-20)28-10-3-4-11-28/h5-7,14H,2-4,8-13,15-16H2,1H3,(H2,25,26,27). The van der Waals surface area contributed by atoms with Crippen LogP contribution in [0.15, 0.2) is 29.3 Å². The number of alkyl halides is 3. The average molecular weight is 413 g/mol. The van der Waals surface area contributed by atoms with Gasteiger partial charge in [-0.25, -0.2) is 4.99 Å². The van der Waals surface area contributed by atoms with Crippen molar-refractivity contribution in [3.05, 3.63) is 35.4 Å². The van der Waals surface area contributed by atoms with Crippen molar-refractivity contribution in [1.82, 2.24) is 15.5 Å². The molecule has 0 radical (unpaired) electrons. The van der Waals surface area contributed by atoms with E-state index < -0.39 is 11.7 Å². The number of halogens is 3. The number of guanidine groups is 1. The first-order valence-corrected chi connectivity index (χ1v) is 10.4. The Morgan fingerprint density at radius 1 is 1.17 bits per heavy atom. The highest BCUT2D eigenvalue weighted by molar-refractivity contribution is 5.79. The largest absolute Gasteiger partial charge is 0.416 e. The topological polar surface area (TPSA) is 48.9 Å². The molecule has 5 nitrogen and oxygen atoms in total. The number of hydrogen-bond acceptors (Lipinski definition) is 3. The summed E-state index contributed by atoms with van der Waals surface area (Å²) < 4.78 is 44.4. The van der Waals surface area contributed by atoms with E-state index in [1.807, 2.05) is 6.92 Å². The third-order valence-electron chi connectivity index (χ3n) is 5.80. The molecule has 2 aliphatic rings. The average Bonchev–Trinajstić information content (AvgIpc) is 3.26. The number of likely N-dealkylation sites (tertiary alicyclic amines) is 1. The molecule has 0 aromatic heterocycles. The number of nitrogens with zero attached hydrogens (tertiary/aromatic N) is 2. The molecule has 2 N–H and O–H groups in total. The van der Waals surface area contributed by atoms with Crippen molar-refractivity contribution in [2.24, 2.45) is 4.99 Å². The normalized spacial score (nSPS) is 20.6. The van der Waals surface area contributed by atoms with Crippen LogP contribution in [-0.4, -0.2) is 55.8 Å². The first-order valence-electron chi connectivity index (χ1n) is 10.4. The van der Waals surface area contributed by atoms with Crippen molar-refractivity contribution in [3.63, 3.8) is 0 Å². The Morgan fingerprint density at radius 3 is 2.55 bits per heavy atom. The van der Waals surface area contributed by atoms with E-state index in [-0.39, 0.29) is 12.1 Å². The van der Waals surface area contributed by atoms with Crippen LogP contribution in [-0.2, 0) is 17.5 Å². The van der Waals surface area contributed by atoms with E-state index in [0.717, 1.165) is 57.8 Å². The summed E-state index contributed by atoms with van der Waals surface area (Å²) >= 11 is 0. The predicted molar refractivity (Wildman–Crippen MR) is 108 cm³/mol. The van der Waals surface area contributed by atoms with Gasteiger partial charge >= 0.3 is 6.18 Å². The predicted octanol–water partition coefficient (Wildman–Crippen LogP) is 3.41. The summed E-state index contributed by atoms with van der Waals surface area (Å²) in [6.07, 6.45) is 0.0757. The van der Waals surface area contributed by atoms with Crippen LogP contribution in [0.5, 0.6) is 0 Å². The number of aliphatic imine (C=N–C) groups is 1. The van der Waals surface area contributed by atoms with Crippen LogP contribution < -0.4 is 10.6 Å². The van der Waals surface area contributed by atoms with E-state index in [1.54, 1.807) is 6.07 Å². The molecule has 0 amide bonds. The molecule has 8 heteroatoms. The van der Waals surface area contributed by atoms with Gasteiger partial charge in [-0.05, 0) is 63.4 Å². The molecular weight excluding hydrogens is 381 g/mol. The fraction of sp³-hybridized carbons (Fsp3) is 0.667.